The van der Waals surface area contributed by atoms with Crippen LogP contribution in [-0.4, -0.2) is 35.3 Å². The van der Waals surface area contributed by atoms with Crippen molar-refractivity contribution in [3.05, 3.63) is 29.0 Å². The molecule has 0 bridgehead atoms. The van der Waals surface area contributed by atoms with Crippen molar-refractivity contribution in [2.24, 2.45) is 0 Å². The third-order valence-electron chi connectivity index (χ3n) is 2.55. The molecule has 0 radical (unpaired) electrons. The van der Waals surface area contributed by atoms with Crippen molar-refractivity contribution >= 4 is 26.0 Å². The second kappa shape index (κ2) is 5.45. The molecule has 1 aromatic heterocycles. The summed E-state index contributed by atoms with van der Waals surface area (Å²) in [7, 11) is -3.45. The molecule has 0 unspecified atom stereocenters. The van der Waals surface area contributed by atoms with Crippen LogP contribution in [0.15, 0.2) is 29.0 Å². The van der Waals surface area contributed by atoms with Crippen LogP contribution in [0.3, 0.4) is 0 Å². The lowest BCUT2D eigenvalue weighted by molar-refractivity contribution is 0.317. The summed E-state index contributed by atoms with van der Waals surface area (Å²) >= 11 is 3.21. The molecule has 2 aromatic rings. The number of hydrogen-bond donors (Lipinski definition) is 1. The predicted octanol–water partition coefficient (Wildman–Crippen LogP) is 2.22. The van der Waals surface area contributed by atoms with Crippen LogP contribution in [0.5, 0.6) is 11.5 Å². The molecular formula is C12H13BrN2O4S. The normalized spacial score (nSPS) is 11.6. The molecular weight excluding hydrogens is 348 g/mol. The van der Waals surface area contributed by atoms with Crippen LogP contribution in [0.1, 0.15) is 6.92 Å². The van der Waals surface area contributed by atoms with Gasteiger partial charge < -0.3 is 9.84 Å². The number of phenols is 1. The highest BCUT2D eigenvalue weighted by molar-refractivity contribution is 9.10. The van der Waals surface area contributed by atoms with Gasteiger partial charge in [0, 0.05) is 18.0 Å². The summed E-state index contributed by atoms with van der Waals surface area (Å²) in [5, 5.41) is 9.86. The van der Waals surface area contributed by atoms with E-state index in [1.165, 1.54) is 12.4 Å². The molecule has 6 nitrogen and oxygen atoms in total. The quantitative estimate of drug-likeness (QED) is 0.903. The molecule has 0 atom stereocenters. The molecule has 0 aliphatic heterocycles. The zero-order valence-electron chi connectivity index (χ0n) is 10.9. The fourth-order valence-electron chi connectivity index (χ4n) is 1.73. The Morgan fingerprint density at radius 2 is 2.15 bits per heavy atom. The maximum absolute atomic E-state index is 11.7. The summed E-state index contributed by atoms with van der Waals surface area (Å²) in [5.41, 5.74) is 0.522. The number of hydrogen-bond acceptors (Lipinski definition) is 5. The van der Waals surface area contributed by atoms with E-state index >= 15 is 0 Å². The van der Waals surface area contributed by atoms with Crippen molar-refractivity contribution in [2.45, 2.75) is 6.92 Å². The number of rotatable bonds is 4. The molecule has 8 heteroatoms. The molecule has 0 saturated carbocycles. The standard InChI is InChI=1S/C12H13BrN2O4S/c1-3-19-10-7-8(6-9(13)11(10)16)12-14-4-5-15(12)20(2,17)18/h4-7,16H,3H2,1-2H3. The van der Waals surface area contributed by atoms with E-state index in [1.54, 1.807) is 19.1 Å². The van der Waals surface area contributed by atoms with Crippen molar-refractivity contribution in [1.82, 2.24) is 8.96 Å². The molecule has 0 aliphatic rings. The van der Waals surface area contributed by atoms with Crippen molar-refractivity contribution in [3.63, 3.8) is 0 Å². The van der Waals surface area contributed by atoms with Gasteiger partial charge in [-0.2, -0.15) is 0 Å². The lowest BCUT2D eigenvalue weighted by atomic mass is 10.2. The van der Waals surface area contributed by atoms with E-state index in [0.29, 0.717) is 16.6 Å². The van der Waals surface area contributed by atoms with Gasteiger partial charge in [-0.15, -0.1) is 0 Å². The average molecular weight is 361 g/mol. The first-order valence-corrected chi connectivity index (χ1v) is 8.38. The third kappa shape index (κ3) is 2.80. The van der Waals surface area contributed by atoms with Gasteiger partial charge in [-0.3, -0.25) is 0 Å². The number of aromatic hydroxyl groups is 1. The van der Waals surface area contributed by atoms with E-state index in [9.17, 15) is 13.5 Å². The highest BCUT2D eigenvalue weighted by Crippen LogP contribution is 2.38. The van der Waals surface area contributed by atoms with Crippen molar-refractivity contribution < 1.29 is 18.3 Å². The Balaban J connectivity index is 2.63. The van der Waals surface area contributed by atoms with Gasteiger partial charge in [-0.1, -0.05) is 0 Å². The molecule has 0 spiro atoms. The van der Waals surface area contributed by atoms with E-state index in [0.717, 1.165) is 10.2 Å². The van der Waals surface area contributed by atoms with Crippen molar-refractivity contribution in [1.29, 1.82) is 0 Å². The highest BCUT2D eigenvalue weighted by atomic mass is 79.9. The summed E-state index contributed by atoms with van der Waals surface area (Å²) < 4.78 is 30.2. The van der Waals surface area contributed by atoms with E-state index in [1.807, 2.05) is 0 Å². The Hall–Kier alpha value is -1.54. The van der Waals surface area contributed by atoms with E-state index < -0.39 is 10.0 Å². The van der Waals surface area contributed by atoms with Gasteiger partial charge in [0.25, 0.3) is 0 Å². The number of imidazole rings is 1. The molecule has 1 aromatic carbocycles. The summed E-state index contributed by atoms with van der Waals surface area (Å²) in [6.45, 7) is 2.17. The number of nitrogens with zero attached hydrogens (tertiary/aromatic N) is 2. The molecule has 1 N–H and O–H groups in total. The van der Waals surface area contributed by atoms with Gasteiger partial charge in [0.1, 0.15) is 0 Å². The minimum atomic E-state index is -3.45. The molecule has 0 amide bonds. The topological polar surface area (TPSA) is 81.4 Å². The Kier molecular flexibility index (Phi) is 4.05. The van der Waals surface area contributed by atoms with Gasteiger partial charge in [-0.05, 0) is 35.0 Å². The molecule has 0 aliphatic carbocycles. The number of ether oxygens (including phenoxy) is 1. The van der Waals surface area contributed by atoms with Crippen molar-refractivity contribution in [3.8, 4) is 22.9 Å². The molecule has 20 heavy (non-hydrogen) atoms. The number of halogens is 1. The summed E-state index contributed by atoms with van der Waals surface area (Å²) in [6.07, 6.45) is 3.86. The summed E-state index contributed by atoms with van der Waals surface area (Å²) in [5.74, 6) is 0.488. The van der Waals surface area contributed by atoms with Crippen LogP contribution in [0.2, 0.25) is 0 Å². The second-order valence-electron chi connectivity index (χ2n) is 4.05. The van der Waals surface area contributed by atoms with Gasteiger partial charge in [0.15, 0.2) is 17.3 Å². The van der Waals surface area contributed by atoms with E-state index in [-0.39, 0.29) is 17.3 Å². The van der Waals surface area contributed by atoms with Crippen molar-refractivity contribution in [2.75, 3.05) is 12.9 Å². The average Bonchev–Trinajstić information content (AvgIpc) is 2.84. The van der Waals surface area contributed by atoms with Crippen LogP contribution in [0, 0.1) is 0 Å². The molecule has 0 saturated heterocycles. The monoisotopic (exact) mass is 360 g/mol. The Bertz CT molecular complexity index is 740. The molecule has 2 rings (SSSR count). The zero-order valence-corrected chi connectivity index (χ0v) is 13.3. The lowest BCUT2D eigenvalue weighted by Gasteiger charge is -2.11. The smallest absolute Gasteiger partial charge is 0.237 e. The second-order valence-corrected chi connectivity index (χ2v) is 6.76. The van der Waals surface area contributed by atoms with E-state index in [4.69, 9.17) is 4.74 Å². The van der Waals surface area contributed by atoms with Gasteiger partial charge in [0.05, 0.1) is 17.3 Å². The highest BCUT2D eigenvalue weighted by Gasteiger charge is 2.17. The van der Waals surface area contributed by atoms with Crippen LogP contribution >= 0.6 is 15.9 Å². The Morgan fingerprint density at radius 1 is 1.45 bits per heavy atom. The van der Waals surface area contributed by atoms with Crippen LogP contribution in [-0.2, 0) is 10.0 Å². The summed E-state index contributed by atoms with van der Waals surface area (Å²) in [4.78, 5) is 4.05. The molecule has 0 fully saturated rings. The van der Waals surface area contributed by atoms with Crippen LogP contribution in [0.25, 0.3) is 11.4 Å². The predicted molar refractivity (Wildman–Crippen MR) is 78.4 cm³/mol. The number of benzene rings is 1. The fraction of sp³-hybridized carbons (Fsp3) is 0.250. The van der Waals surface area contributed by atoms with Crippen LogP contribution < -0.4 is 4.74 Å². The first-order chi connectivity index (χ1) is 9.34. The van der Waals surface area contributed by atoms with Crippen LogP contribution in [0.4, 0.5) is 0 Å². The maximum atomic E-state index is 11.7. The largest absolute Gasteiger partial charge is 0.503 e. The fourth-order valence-corrected chi connectivity index (χ4v) is 2.91. The molecule has 1 heterocycles. The number of phenolic OH excluding ortho intramolecular Hbond substituents is 1. The first-order valence-electron chi connectivity index (χ1n) is 5.74. The minimum absolute atomic E-state index is 0.0342. The third-order valence-corrected chi connectivity index (χ3v) is 4.17. The Labute approximate surface area is 125 Å². The minimum Gasteiger partial charge on any atom is -0.503 e. The maximum Gasteiger partial charge on any atom is 0.237 e. The molecule has 108 valence electrons. The zero-order chi connectivity index (χ0) is 14.9. The Morgan fingerprint density at radius 3 is 2.75 bits per heavy atom. The summed E-state index contributed by atoms with van der Waals surface area (Å²) in [6, 6.07) is 3.13. The number of aromatic nitrogens is 2. The van der Waals surface area contributed by atoms with Gasteiger partial charge in [-0.25, -0.2) is 17.4 Å². The lowest BCUT2D eigenvalue weighted by Crippen LogP contribution is -2.10. The van der Waals surface area contributed by atoms with Gasteiger partial charge >= 0.3 is 0 Å². The first kappa shape index (κ1) is 14.9. The van der Waals surface area contributed by atoms with E-state index in [2.05, 4.69) is 20.9 Å². The SMILES string of the molecule is CCOc1cc(-c2nccn2S(C)(=O)=O)cc(Br)c1O. The van der Waals surface area contributed by atoms with Gasteiger partial charge in [0.2, 0.25) is 10.0 Å².